The Hall–Kier alpha value is -2.05. The van der Waals surface area contributed by atoms with Gasteiger partial charge in [0.05, 0.1) is 12.0 Å². The van der Waals surface area contributed by atoms with Crippen molar-refractivity contribution in [1.29, 1.82) is 0 Å². The summed E-state index contributed by atoms with van der Waals surface area (Å²) in [7, 11) is 0. The highest BCUT2D eigenvalue weighted by Gasteiger charge is 2.42. The standard InChI is InChI=1S/C11H15N5O2/c12-9-4-7(14-15-9)11(18)16-3-1-2-6-8(16)5-13-10(6)17/h4,6,8H,1-3,5H2,(H,13,17)(H3,12,14,15). The van der Waals surface area contributed by atoms with Crippen LogP contribution in [0, 0.1) is 5.92 Å². The first kappa shape index (κ1) is 11.1. The zero-order chi connectivity index (χ0) is 12.7. The molecule has 2 aliphatic heterocycles. The lowest BCUT2D eigenvalue weighted by Gasteiger charge is -2.35. The summed E-state index contributed by atoms with van der Waals surface area (Å²) < 4.78 is 0. The third-order valence-corrected chi connectivity index (χ3v) is 3.69. The maximum atomic E-state index is 12.3. The van der Waals surface area contributed by atoms with E-state index in [0.29, 0.717) is 24.6 Å². The number of nitrogen functional groups attached to an aromatic ring is 1. The molecule has 3 heterocycles. The molecular formula is C11H15N5O2. The fourth-order valence-corrected chi connectivity index (χ4v) is 2.81. The molecule has 96 valence electrons. The van der Waals surface area contributed by atoms with Crippen LogP contribution < -0.4 is 11.1 Å². The molecule has 7 heteroatoms. The van der Waals surface area contributed by atoms with Crippen molar-refractivity contribution in [2.75, 3.05) is 18.8 Å². The van der Waals surface area contributed by atoms with E-state index in [0.717, 1.165) is 12.8 Å². The van der Waals surface area contributed by atoms with E-state index in [9.17, 15) is 9.59 Å². The van der Waals surface area contributed by atoms with E-state index in [4.69, 9.17) is 5.73 Å². The number of carbonyl (C=O) groups excluding carboxylic acids is 2. The summed E-state index contributed by atoms with van der Waals surface area (Å²) in [6.07, 6.45) is 1.70. The zero-order valence-corrected chi connectivity index (χ0v) is 9.85. The lowest BCUT2D eigenvalue weighted by molar-refractivity contribution is -0.123. The van der Waals surface area contributed by atoms with Gasteiger partial charge in [0, 0.05) is 19.2 Å². The molecule has 7 nitrogen and oxygen atoms in total. The van der Waals surface area contributed by atoms with E-state index in [1.165, 1.54) is 6.07 Å². The van der Waals surface area contributed by atoms with E-state index in [1.807, 2.05) is 0 Å². The monoisotopic (exact) mass is 249 g/mol. The van der Waals surface area contributed by atoms with Crippen molar-refractivity contribution in [3.63, 3.8) is 0 Å². The molecule has 2 amide bonds. The molecular weight excluding hydrogens is 234 g/mol. The van der Waals surface area contributed by atoms with Gasteiger partial charge < -0.3 is 16.0 Å². The smallest absolute Gasteiger partial charge is 0.272 e. The number of likely N-dealkylation sites (tertiary alicyclic amines) is 1. The Morgan fingerprint density at radius 1 is 1.56 bits per heavy atom. The van der Waals surface area contributed by atoms with Crippen LogP contribution in [0.25, 0.3) is 0 Å². The van der Waals surface area contributed by atoms with Crippen LogP contribution >= 0.6 is 0 Å². The minimum Gasteiger partial charge on any atom is -0.382 e. The number of anilines is 1. The second-order valence-electron chi connectivity index (χ2n) is 4.77. The van der Waals surface area contributed by atoms with Gasteiger partial charge in [-0.05, 0) is 12.8 Å². The summed E-state index contributed by atoms with van der Waals surface area (Å²) >= 11 is 0. The lowest BCUT2D eigenvalue weighted by atomic mass is 9.91. The van der Waals surface area contributed by atoms with Gasteiger partial charge >= 0.3 is 0 Å². The summed E-state index contributed by atoms with van der Waals surface area (Å²) in [5.41, 5.74) is 5.88. The number of nitrogens with one attached hydrogen (secondary N) is 2. The van der Waals surface area contributed by atoms with E-state index >= 15 is 0 Å². The minimum atomic E-state index is -0.134. The van der Waals surface area contributed by atoms with Crippen LogP contribution in [0.2, 0.25) is 0 Å². The number of hydrogen-bond donors (Lipinski definition) is 3. The number of hydrogen-bond acceptors (Lipinski definition) is 4. The summed E-state index contributed by atoms with van der Waals surface area (Å²) in [6.45, 7) is 1.22. The summed E-state index contributed by atoms with van der Waals surface area (Å²) in [5, 5.41) is 9.20. The van der Waals surface area contributed by atoms with Crippen LogP contribution in [0.5, 0.6) is 0 Å². The number of aromatic amines is 1. The maximum absolute atomic E-state index is 12.3. The van der Waals surface area contributed by atoms with Gasteiger partial charge in [0.15, 0.2) is 0 Å². The van der Waals surface area contributed by atoms with Gasteiger partial charge in [0.25, 0.3) is 5.91 Å². The topological polar surface area (TPSA) is 104 Å². The van der Waals surface area contributed by atoms with Crippen molar-refractivity contribution >= 4 is 17.6 Å². The fourth-order valence-electron chi connectivity index (χ4n) is 2.81. The normalized spacial score (nSPS) is 26.9. The van der Waals surface area contributed by atoms with E-state index in [2.05, 4.69) is 15.5 Å². The van der Waals surface area contributed by atoms with Crippen LogP contribution in [-0.2, 0) is 4.79 Å². The van der Waals surface area contributed by atoms with Gasteiger partial charge in [0.1, 0.15) is 11.5 Å². The zero-order valence-electron chi connectivity index (χ0n) is 9.85. The van der Waals surface area contributed by atoms with Gasteiger partial charge in [0.2, 0.25) is 5.91 Å². The summed E-state index contributed by atoms with van der Waals surface area (Å²) in [6, 6.07) is 1.49. The predicted molar refractivity (Wildman–Crippen MR) is 63.6 cm³/mol. The minimum absolute atomic E-state index is 0.0386. The molecule has 2 atom stereocenters. The number of nitrogens with two attached hydrogens (primary N) is 1. The Bertz CT molecular complexity index is 497. The number of piperidine rings is 1. The van der Waals surface area contributed by atoms with Gasteiger partial charge in [-0.25, -0.2) is 0 Å². The first-order valence-corrected chi connectivity index (χ1v) is 6.06. The highest BCUT2D eigenvalue weighted by Crippen LogP contribution is 2.28. The second-order valence-corrected chi connectivity index (χ2v) is 4.77. The summed E-state index contributed by atoms with van der Waals surface area (Å²) in [4.78, 5) is 25.7. The van der Waals surface area contributed by atoms with Crippen molar-refractivity contribution in [2.24, 2.45) is 5.92 Å². The molecule has 18 heavy (non-hydrogen) atoms. The molecule has 2 saturated heterocycles. The molecule has 0 radical (unpaired) electrons. The van der Waals surface area contributed by atoms with Crippen LogP contribution in [0.15, 0.2) is 6.07 Å². The fraction of sp³-hybridized carbons (Fsp3) is 0.545. The maximum Gasteiger partial charge on any atom is 0.272 e. The molecule has 0 aromatic carbocycles. The van der Waals surface area contributed by atoms with Gasteiger partial charge in [-0.15, -0.1) is 0 Å². The SMILES string of the molecule is Nc1cc(C(=O)N2CCCC3C(=O)NCC32)[nH]n1. The van der Waals surface area contributed by atoms with Crippen molar-refractivity contribution < 1.29 is 9.59 Å². The van der Waals surface area contributed by atoms with Crippen molar-refractivity contribution in [3.8, 4) is 0 Å². The van der Waals surface area contributed by atoms with Crippen molar-refractivity contribution in [3.05, 3.63) is 11.8 Å². The van der Waals surface area contributed by atoms with Crippen LogP contribution in [-0.4, -0.2) is 46.0 Å². The van der Waals surface area contributed by atoms with Crippen molar-refractivity contribution in [2.45, 2.75) is 18.9 Å². The highest BCUT2D eigenvalue weighted by atomic mass is 16.2. The van der Waals surface area contributed by atoms with E-state index < -0.39 is 0 Å². The number of aromatic nitrogens is 2. The average molecular weight is 249 g/mol. The Labute approximate surface area is 104 Å². The molecule has 0 spiro atoms. The molecule has 2 fully saturated rings. The number of amides is 2. The number of fused-ring (bicyclic) bond motifs is 1. The molecule has 3 rings (SSSR count). The number of nitrogens with zero attached hydrogens (tertiary/aromatic N) is 2. The molecule has 1 aromatic heterocycles. The largest absolute Gasteiger partial charge is 0.382 e. The lowest BCUT2D eigenvalue weighted by Crippen LogP contribution is -2.48. The third kappa shape index (κ3) is 1.62. The second kappa shape index (κ2) is 4.01. The molecule has 0 aliphatic carbocycles. The Morgan fingerprint density at radius 3 is 3.11 bits per heavy atom. The average Bonchev–Trinajstić information content (AvgIpc) is 2.96. The van der Waals surface area contributed by atoms with Gasteiger partial charge in [-0.1, -0.05) is 0 Å². The van der Waals surface area contributed by atoms with Crippen molar-refractivity contribution in [1.82, 2.24) is 20.4 Å². The molecule has 4 N–H and O–H groups in total. The molecule has 2 aliphatic rings. The number of H-pyrrole nitrogens is 1. The van der Waals surface area contributed by atoms with Gasteiger partial charge in [-0.2, -0.15) is 5.10 Å². The first-order chi connectivity index (χ1) is 8.66. The molecule has 0 saturated carbocycles. The Balaban J connectivity index is 1.83. The first-order valence-electron chi connectivity index (χ1n) is 6.06. The van der Waals surface area contributed by atoms with E-state index in [-0.39, 0.29) is 23.8 Å². The highest BCUT2D eigenvalue weighted by molar-refractivity contribution is 5.94. The van der Waals surface area contributed by atoms with Crippen LogP contribution in [0.3, 0.4) is 0 Å². The third-order valence-electron chi connectivity index (χ3n) is 3.69. The molecule has 1 aromatic rings. The molecule has 0 bridgehead atoms. The Morgan fingerprint density at radius 2 is 2.39 bits per heavy atom. The van der Waals surface area contributed by atoms with Crippen LogP contribution in [0.1, 0.15) is 23.3 Å². The predicted octanol–water partition coefficient (Wildman–Crippen LogP) is -0.657. The Kier molecular flexibility index (Phi) is 2.46. The summed E-state index contributed by atoms with van der Waals surface area (Å²) in [5.74, 6) is 0.155. The number of carbonyl (C=O) groups is 2. The quantitative estimate of drug-likeness (QED) is 0.614. The van der Waals surface area contributed by atoms with E-state index in [1.54, 1.807) is 4.90 Å². The van der Waals surface area contributed by atoms with Crippen LogP contribution in [0.4, 0.5) is 5.82 Å². The molecule has 2 unspecified atom stereocenters. The van der Waals surface area contributed by atoms with Gasteiger partial charge in [-0.3, -0.25) is 14.7 Å². The number of rotatable bonds is 1.